The molecule has 19 heavy (non-hydrogen) atoms. The minimum Gasteiger partial charge on any atom is -0.350 e. The predicted molar refractivity (Wildman–Crippen MR) is 81.8 cm³/mol. The molecule has 0 saturated heterocycles. The van der Waals surface area contributed by atoms with Gasteiger partial charge in [0.05, 0.1) is 0 Å². The second kappa shape index (κ2) is 9.37. The molecule has 0 heterocycles. The topological polar surface area (TPSA) is 29.1 Å². The van der Waals surface area contributed by atoms with Crippen LogP contribution in [0.5, 0.6) is 0 Å². The number of amides is 1. The number of rotatable bonds is 8. The zero-order chi connectivity index (χ0) is 13.9. The lowest BCUT2D eigenvalue weighted by molar-refractivity contribution is -0.117. The van der Waals surface area contributed by atoms with Crippen molar-refractivity contribution in [3.63, 3.8) is 0 Å². The molecule has 1 atom stereocenters. The SMILES string of the molecule is CCCCCC(CC)NC(=O)/C=C/c1ccccc1. The van der Waals surface area contributed by atoms with Gasteiger partial charge in [-0.1, -0.05) is 63.4 Å². The third kappa shape index (κ3) is 6.80. The Kier molecular flexibility index (Phi) is 7.64. The highest BCUT2D eigenvalue weighted by Gasteiger charge is 2.07. The van der Waals surface area contributed by atoms with Gasteiger partial charge in [-0.2, -0.15) is 0 Å². The molecule has 1 amide bonds. The van der Waals surface area contributed by atoms with Gasteiger partial charge in [0.15, 0.2) is 0 Å². The van der Waals surface area contributed by atoms with E-state index in [4.69, 9.17) is 0 Å². The number of nitrogens with one attached hydrogen (secondary N) is 1. The fourth-order valence-electron chi connectivity index (χ4n) is 2.00. The number of hydrogen-bond acceptors (Lipinski definition) is 1. The summed E-state index contributed by atoms with van der Waals surface area (Å²) in [5.74, 6) is 0.00667. The molecule has 1 aromatic carbocycles. The maximum atomic E-state index is 11.8. The Labute approximate surface area is 116 Å². The lowest BCUT2D eigenvalue weighted by atomic mass is 10.1. The summed E-state index contributed by atoms with van der Waals surface area (Å²) in [6.45, 7) is 4.32. The van der Waals surface area contributed by atoms with Crippen LogP contribution in [0.25, 0.3) is 6.08 Å². The van der Waals surface area contributed by atoms with Crippen LogP contribution in [0.4, 0.5) is 0 Å². The quantitative estimate of drug-likeness (QED) is 0.551. The standard InChI is InChI=1S/C17H25NO/c1-3-5-7-12-16(4-2)18-17(19)14-13-15-10-8-6-9-11-15/h6,8-11,13-14,16H,3-5,7,12H2,1-2H3,(H,18,19)/b14-13+. The van der Waals surface area contributed by atoms with Gasteiger partial charge in [0.2, 0.25) is 5.91 Å². The van der Waals surface area contributed by atoms with Crippen LogP contribution >= 0.6 is 0 Å². The van der Waals surface area contributed by atoms with Crippen LogP contribution in [-0.2, 0) is 4.79 Å². The molecule has 0 radical (unpaired) electrons. The molecule has 0 bridgehead atoms. The minimum absolute atomic E-state index is 0.00667. The smallest absolute Gasteiger partial charge is 0.244 e. The van der Waals surface area contributed by atoms with Crippen molar-refractivity contribution >= 4 is 12.0 Å². The van der Waals surface area contributed by atoms with Gasteiger partial charge in [0.1, 0.15) is 0 Å². The van der Waals surface area contributed by atoms with Crippen LogP contribution in [0.3, 0.4) is 0 Å². The van der Waals surface area contributed by atoms with Gasteiger partial charge < -0.3 is 5.32 Å². The molecular formula is C17H25NO. The lowest BCUT2D eigenvalue weighted by Gasteiger charge is -2.15. The third-order valence-electron chi connectivity index (χ3n) is 3.22. The Hall–Kier alpha value is -1.57. The van der Waals surface area contributed by atoms with Gasteiger partial charge in [-0.25, -0.2) is 0 Å². The minimum atomic E-state index is 0.00667. The number of carbonyl (C=O) groups is 1. The maximum Gasteiger partial charge on any atom is 0.244 e. The van der Waals surface area contributed by atoms with E-state index in [1.54, 1.807) is 6.08 Å². The molecule has 0 aliphatic heterocycles. The number of benzene rings is 1. The first kappa shape index (κ1) is 15.5. The van der Waals surface area contributed by atoms with Crippen molar-refractivity contribution in [1.82, 2.24) is 5.32 Å². The highest BCUT2D eigenvalue weighted by Crippen LogP contribution is 2.06. The monoisotopic (exact) mass is 259 g/mol. The molecule has 104 valence electrons. The average Bonchev–Trinajstić information content (AvgIpc) is 2.45. The molecule has 2 nitrogen and oxygen atoms in total. The third-order valence-corrected chi connectivity index (χ3v) is 3.22. The number of hydrogen-bond donors (Lipinski definition) is 1. The van der Waals surface area contributed by atoms with Crippen LogP contribution in [0.2, 0.25) is 0 Å². The van der Waals surface area contributed by atoms with Crippen molar-refractivity contribution in [1.29, 1.82) is 0 Å². The fraction of sp³-hybridized carbons (Fsp3) is 0.471. The zero-order valence-electron chi connectivity index (χ0n) is 12.1. The van der Waals surface area contributed by atoms with Gasteiger partial charge in [0.25, 0.3) is 0 Å². The molecule has 0 saturated carbocycles. The highest BCUT2D eigenvalue weighted by atomic mass is 16.1. The van der Waals surface area contributed by atoms with E-state index in [9.17, 15) is 4.79 Å². The highest BCUT2D eigenvalue weighted by molar-refractivity contribution is 5.91. The molecule has 2 heteroatoms. The molecule has 0 aromatic heterocycles. The van der Waals surface area contributed by atoms with E-state index in [0.717, 1.165) is 18.4 Å². The van der Waals surface area contributed by atoms with Crippen LogP contribution in [-0.4, -0.2) is 11.9 Å². The summed E-state index contributed by atoms with van der Waals surface area (Å²) in [4.78, 5) is 11.8. The first-order chi connectivity index (χ1) is 9.26. The summed E-state index contributed by atoms with van der Waals surface area (Å²) in [5.41, 5.74) is 1.05. The molecule has 1 rings (SSSR count). The molecule has 0 aliphatic carbocycles. The van der Waals surface area contributed by atoms with Crippen LogP contribution in [0.15, 0.2) is 36.4 Å². The normalized spacial score (nSPS) is 12.5. The van der Waals surface area contributed by atoms with Crippen molar-refractivity contribution in [2.45, 2.75) is 52.0 Å². The molecule has 0 aliphatic rings. The molecular weight excluding hydrogens is 234 g/mol. The summed E-state index contributed by atoms with van der Waals surface area (Å²) < 4.78 is 0. The molecule has 1 N–H and O–H groups in total. The molecule has 1 aromatic rings. The van der Waals surface area contributed by atoms with Crippen molar-refractivity contribution in [3.05, 3.63) is 42.0 Å². The predicted octanol–water partition coefficient (Wildman–Crippen LogP) is 4.17. The van der Waals surface area contributed by atoms with Crippen molar-refractivity contribution in [2.75, 3.05) is 0 Å². The van der Waals surface area contributed by atoms with Gasteiger partial charge in [-0.3, -0.25) is 4.79 Å². The summed E-state index contributed by atoms with van der Waals surface area (Å²) >= 11 is 0. The van der Waals surface area contributed by atoms with Crippen molar-refractivity contribution in [2.24, 2.45) is 0 Å². The van der Waals surface area contributed by atoms with E-state index < -0.39 is 0 Å². The Morgan fingerprint density at radius 2 is 1.95 bits per heavy atom. The average molecular weight is 259 g/mol. The Morgan fingerprint density at radius 3 is 2.58 bits per heavy atom. The maximum absolute atomic E-state index is 11.8. The molecule has 0 fully saturated rings. The van der Waals surface area contributed by atoms with Crippen LogP contribution < -0.4 is 5.32 Å². The second-order valence-corrected chi connectivity index (χ2v) is 4.85. The summed E-state index contributed by atoms with van der Waals surface area (Å²) in [7, 11) is 0. The summed E-state index contributed by atoms with van der Waals surface area (Å²) in [5, 5.41) is 3.07. The van der Waals surface area contributed by atoms with E-state index in [0.29, 0.717) is 6.04 Å². The second-order valence-electron chi connectivity index (χ2n) is 4.85. The summed E-state index contributed by atoms with van der Waals surface area (Å²) in [6, 6.07) is 10.2. The van der Waals surface area contributed by atoms with E-state index in [1.165, 1.54) is 19.3 Å². The molecule has 0 spiro atoms. The van der Waals surface area contributed by atoms with E-state index in [2.05, 4.69) is 19.2 Å². The van der Waals surface area contributed by atoms with Crippen molar-refractivity contribution < 1.29 is 4.79 Å². The Bertz CT molecular complexity index is 384. The van der Waals surface area contributed by atoms with E-state index in [1.807, 2.05) is 36.4 Å². The number of carbonyl (C=O) groups excluding carboxylic acids is 1. The van der Waals surface area contributed by atoms with Crippen LogP contribution in [0.1, 0.15) is 51.5 Å². The zero-order valence-corrected chi connectivity index (χ0v) is 12.1. The Morgan fingerprint density at radius 1 is 1.21 bits per heavy atom. The molecule has 1 unspecified atom stereocenters. The number of unbranched alkanes of at least 4 members (excludes halogenated alkanes) is 2. The Balaban J connectivity index is 2.38. The van der Waals surface area contributed by atoms with E-state index >= 15 is 0 Å². The van der Waals surface area contributed by atoms with E-state index in [-0.39, 0.29) is 5.91 Å². The van der Waals surface area contributed by atoms with Gasteiger partial charge >= 0.3 is 0 Å². The summed E-state index contributed by atoms with van der Waals surface area (Å²) in [6.07, 6.45) is 9.21. The lowest BCUT2D eigenvalue weighted by Crippen LogP contribution is -2.33. The van der Waals surface area contributed by atoms with Gasteiger partial charge in [-0.15, -0.1) is 0 Å². The van der Waals surface area contributed by atoms with Crippen molar-refractivity contribution in [3.8, 4) is 0 Å². The first-order valence-electron chi connectivity index (χ1n) is 7.29. The van der Waals surface area contributed by atoms with Crippen LogP contribution in [0, 0.1) is 0 Å². The van der Waals surface area contributed by atoms with Gasteiger partial charge in [0, 0.05) is 12.1 Å². The fourth-order valence-corrected chi connectivity index (χ4v) is 2.00. The first-order valence-corrected chi connectivity index (χ1v) is 7.29. The van der Waals surface area contributed by atoms with Gasteiger partial charge in [-0.05, 0) is 24.5 Å². The largest absolute Gasteiger partial charge is 0.350 e.